The van der Waals surface area contributed by atoms with Gasteiger partial charge in [0.25, 0.3) is 0 Å². The average Bonchev–Trinajstić information content (AvgIpc) is 2.86. The molecule has 0 aliphatic rings. The quantitative estimate of drug-likeness (QED) is 0.361. The number of fused-ring (bicyclic) bond motifs is 1. The maximum atomic E-state index is 13.1. The van der Waals surface area contributed by atoms with Gasteiger partial charge in [-0.1, -0.05) is 66.7 Å². The van der Waals surface area contributed by atoms with E-state index in [0.29, 0.717) is 17.7 Å². The van der Waals surface area contributed by atoms with Crippen LogP contribution >= 0.6 is 0 Å². The second-order valence-corrected chi connectivity index (χ2v) is 7.84. The third kappa shape index (κ3) is 4.54. The van der Waals surface area contributed by atoms with Crippen molar-refractivity contribution in [2.75, 3.05) is 5.32 Å². The van der Waals surface area contributed by atoms with Crippen LogP contribution in [0.3, 0.4) is 0 Å². The van der Waals surface area contributed by atoms with Gasteiger partial charge in [-0.15, -0.1) is 0 Å². The Morgan fingerprint density at radius 2 is 1.42 bits per heavy atom. The number of pyridine rings is 2. The van der Waals surface area contributed by atoms with E-state index >= 15 is 0 Å². The number of nitrogens with one attached hydrogen (secondary N) is 2. The van der Waals surface area contributed by atoms with E-state index in [-0.39, 0.29) is 5.43 Å². The van der Waals surface area contributed by atoms with E-state index < -0.39 is 0 Å². The van der Waals surface area contributed by atoms with Crippen LogP contribution in [-0.2, 0) is 13.1 Å². The zero-order valence-electron chi connectivity index (χ0n) is 18.1. The van der Waals surface area contributed by atoms with Crippen molar-refractivity contribution < 1.29 is 0 Å². The number of rotatable bonds is 7. The molecule has 0 radical (unpaired) electrons. The van der Waals surface area contributed by atoms with Crippen LogP contribution in [0.1, 0.15) is 11.1 Å². The largest absolute Gasteiger partial charge is 0.341 e. The van der Waals surface area contributed by atoms with Crippen molar-refractivity contribution in [3.8, 4) is 5.69 Å². The highest BCUT2D eigenvalue weighted by atomic mass is 16.1. The first-order valence-corrected chi connectivity index (χ1v) is 10.9. The second-order valence-electron chi connectivity index (χ2n) is 7.84. The number of hydrogen-bond acceptors (Lipinski definition) is 4. The van der Waals surface area contributed by atoms with Crippen molar-refractivity contribution in [3.05, 3.63) is 131 Å². The standard InChI is InChI=1S/C28H24N4O/c33-26-16-27(31-23-12-6-2-7-13-23)32(24-14-8-3-9-15-24)28-22(19-30-20-25(26)28)18-29-17-21-10-4-1-5-11-21/h1-16,19-20,29,31H,17-18H2. The molecule has 0 amide bonds. The van der Waals surface area contributed by atoms with E-state index in [9.17, 15) is 4.79 Å². The fraction of sp³-hybridized carbons (Fsp3) is 0.0714. The zero-order valence-corrected chi connectivity index (χ0v) is 18.1. The van der Waals surface area contributed by atoms with E-state index in [4.69, 9.17) is 0 Å². The Kier molecular flexibility index (Phi) is 5.95. The molecule has 2 heterocycles. The molecule has 3 aromatic carbocycles. The third-order valence-corrected chi connectivity index (χ3v) is 5.54. The van der Waals surface area contributed by atoms with Crippen molar-refractivity contribution in [2.24, 2.45) is 0 Å². The molecule has 0 bridgehead atoms. The predicted octanol–water partition coefficient (Wildman–Crippen LogP) is 5.42. The van der Waals surface area contributed by atoms with E-state index in [1.165, 1.54) is 5.56 Å². The first-order valence-electron chi connectivity index (χ1n) is 10.9. The molecule has 0 aliphatic carbocycles. The van der Waals surface area contributed by atoms with Crippen LogP contribution in [0, 0.1) is 0 Å². The predicted molar refractivity (Wildman–Crippen MR) is 134 cm³/mol. The van der Waals surface area contributed by atoms with Crippen LogP contribution in [0.25, 0.3) is 16.6 Å². The summed E-state index contributed by atoms with van der Waals surface area (Å²) in [7, 11) is 0. The molecule has 0 fully saturated rings. The number of hydrogen-bond donors (Lipinski definition) is 2. The highest BCUT2D eigenvalue weighted by molar-refractivity contribution is 5.86. The van der Waals surface area contributed by atoms with Gasteiger partial charge in [0, 0.05) is 48.5 Å². The van der Waals surface area contributed by atoms with Crippen molar-refractivity contribution in [1.82, 2.24) is 14.9 Å². The third-order valence-electron chi connectivity index (χ3n) is 5.54. The molecule has 0 unspecified atom stereocenters. The van der Waals surface area contributed by atoms with Crippen LogP contribution in [0.2, 0.25) is 0 Å². The lowest BCUT2D eigenvalue weighted by molar-refractivity contribution is 0.693. The van der Waals surface area contributed by atoms with Gasteiger partial charge >= 0.3 is 0 Å². The molecular weight excluding hydrogens is 408 g/mol. The summed E-state index contributed by atoms with van der Waals surface area (Å²) in [4.78, 5) is 17.5. The van der Waals surface area contributed by atoms with Crippen LogP contribution in [0.15, 0.2) is 114 Å². The maximum Gasteiger partial charge on any atom is 0.193 e. The van der Waals surface area contributed by atoms with Gasteiger partial charge in [0.2, 0.25) is 0 Å². The molecule has 5 rings (SSSR count). The number of para-hydroxylation sites is 2. The van der Waals surface area contributed by atoms with Crippen LogP contribution < -0.4 is 16.1 Å². The molecule has 0 saturated heterocycles. The molecule has 5 aromatic rings. The molecule has 0 spiro atoms. The molecule has 5 heteroatoms. The molecule has 0 aliphatic heterocycles. The molecule has 0 saturated carbocycles. The molecular formula is C28H24N4O. The topological polar surface area (TPSA) is 59.0 Å². The molecule has 5 nitrogen and oxygen atoms in total. The van der Waals surface area contributed by atoms with E-state index in [1.54, 1.807) is 12.3 Å². The van der Waals surface area contributed by atoms with Crippen molar-refractivity contribution in [1.29, 1.82) is 0 Å². The minimum absolute atomic E-state index is 0.0620. The highest BCUT2D eigenvalue weighted by Crippen LogP contribution is 2.27. The Hall–Kier alpha value is -4.22. The minimum atomic E-state index is -0.0620. The molecule has 33 heavy (non-hydrogen) atoms. The summed E-state index contributed by atoms with van der Waals surface area (Å²) in [5, 5.41) is 7.53. The normalized spacial score (nSPS) is 10.9. The Morgan fingerprint density at radius 3 is 2.15 bits per heavy atom. The van der Waals surface area contributed by atoms with Gasteiger partial charge in [0.15, 0.2) is 5.43 Å². The van der Waals surface area contributed by atoms with Gasteiger partial charge in [-0.25, -0.2) is 0 Å². The van der Waals surface area contributed by atoms with E-state index in [0.717, 1.165) is 29.0 Å². The number of benzene rings is 3. The summed E-state index contributed by atoms with van der Waals surface area (Å²) in [6.07, 6.45) is 3.50. The fourth-order valence-electron chi connectivity index (χ4n) is 4.00. The summed E-state index contributed by atoms with van der Waals surface area (Å²) < 4.78 is 2.10. The first-order chi connectivity index (χ1) is 16.3. The van der Waals surface area contributed by atoms with Gasteiger partial charge in [-0.2, -0.15) is 0 Å². The van der Waals surface area contributed by atoms with Crippen LogP contribution in [0.4, 0.5) is 11.5 Å². The summed E-state index contributed by atoms with van der Waals surface area (Å²) in [6.45, 7) is 1.31. The van der Waals surface area contributed by atoms with E-state index in [1.807, 2.05) is 85.1 Å². The summed E-state index contributed by atoms with van der Waals surface area (Å²) in [5.74, 6) is 0.709. The molecule has 0 atom stereocenters. The summed E-state index contributed by atoms with van der Waals surface area (Å²) >= 11 is 0. The number of anilines is 2. The maximum absolute atomic E-state index is 13.1. The van der Waals surface area contributed by atoms with Gasteiger partial charge in [-0.3, -0.25) is 14.3 Å². The molecule has 162 valence electrons. The van der Waals surface area contributed by atoms with Gasteiger partial charge in [-0.05, 0) is 29.8 Å². The monoisotopic (exact) mass is 432 g/mol. The van der Waals surface area contributed by atoms with Gasteiger partial charge in [0.1, 0.15) is 5.82 Å². The average molecular weight is 433 g/mol. The SMILES string of the molecule is O=c1cc(Nc2ccccc2)n(-c2ccccc2)c2c(CNCc3ccccc3)cncc12. The lowest BCUT2D eigenvalue weighted by atomic mass is 10.1. The van der Waals surface area contributed by atoms with E-state index in [2.05, 4.69) is 32.3 Å². The minimum Gasteiger partial charge on any atom is -0.341 e. The zero-order chi connectivity index (χ0) is 22.5. The van der Waals surface area contributed by atoms with Crippen molar-refractivity contribution in [2.45, 2.75) is 13.1 Å². The van der Waals surface area contributed by atoms with Gasteiger partial charge in [0.05, 0.1) is 10.9 Å². The number of aromatic nitrogens is 2. The Labute approximate surface area is 192 Å². The number of nitrogens with zero attached hydrogens (tertiary/aromatic N) is 2. The Morgan fingerprint density at radius 1 is 0.758 bits per heavy atom. The summed E-state index contributed by atoms with van der Waals surface area (Å²) in [6, 6.07) is 31.9. The lowest BCUT2D eigenvalue weighted by Crippen LogP contribution is -2.18. The Bertz CT molecular complexity index is 1420. The highest BCUT2D eigenvalue weighted by Gasteiger charge is 2.15. The second kappa shape index (κ2) is 9.51. The lowest BCUT2D eigenvalue weighted by Gasteiger charge is -2.20. The smallest absolute Gasteiger partial charge is 0.193 e. The van der Waals surface area contributed by atoms with Gasteiger partial charge < -0.3 is 10.6 Å². The fourth-order valence-corrected chi connectivity index (χ4v) is 4.00. The first kappa shape index (κ1) is 20.7. The van der Waals surface area contributed by atoms with Crippen LogP contribution in [0.5, 0.6) is 0 Å². The Balaban J connectivity index is 1.63. The molecule has 2 aromatic heterocycles. The summed E-state index contributed by atoms with van der Waals surface area (Å²) in [5.41, 5.74) is 4.84. The molecule has 2 N–H and O–H groups in total. The van der Waals surface area contributed by atoms with Crippen molar-refractivity contribution >= 4 is 22.4 Å². The van der Waals surface area contributed by atoms with Crippen LogP contribution in [-0.4, -0.2) is 9.55 Å². The van der Waals surface area contributed by atoms with Crippen molar-refractivity contribution in [3.63, 3.8) is 0 Å².